The fourth-order valence-corrected chi connectivity index (χ4v) is 2.43. The highest BCUT2D eigenvalue weighted by molar-refractivity contribution is 6.33. The van der Waals surface area contributed by atoms with Gasteiger partial charge in [0.05, 0.1) is 29.0 Å². The Morgan fingerprint density at radius 1 is 1.55 bits per heavy atom. The van der Waals surface area contributed by atoms with Crippen LogP contribution in [0, 0.1) is 0 Å². The van der Waals surface area contributed by atoms with Gasteiger partial charge in [-0.05, 0) is 12.5 Å². The van der Waals surface area contributed by atoms with E-state index < -0.39 is 5.91 Å². The van der Waals surface area contributed by atoms with Gasteiger partial charge in [0.25, 0.3) is 0 Å². The minimum atomic E-state index is -0.567. The van der Waals surface area contributed by atoms with E-state index in [4.69, 9.17) is 22.1 Å². The van der Waals surface area contributed by atoms with E-state index in [2.05, 4.69) is 15.4 Å². The molecule has 118 valence electrons. The summed E-state index contributed by atoms with van der Waals surface area (Å²) < 4.78 is 7.07. The number of nitrogens with two attached hydrogens (primary N) is 1. The number of halogens is 1. The maximum atomic E-state index is 11.1. The van der Waals surface area contributed by atoms with Crippen LogP contribution >= 0.6 is 11.6 Å². The molecule has 0 aliphatic heterocycles. The van der Waals surface area contributed by atoms with Crippen molar-refractivity contribution in [3.05, 3.63) is 34.1 Å². The van der Waals surface area contributed by atoms with E-state index in [-0.39, 0.29) is 5.56 Å². The van der Waals surface area contributed by atoms with Crippen LogP contribution in [0.25, 0.3) is 0 Å². The number of hydrogen-bond acceptors (Lipinski definition) is 5. The summed E-state index contributed by atoms with van der Waals surface area (Å²) in [6.07, 6.45) is 2.17. The van der Waals surface area contributed by atoms with Gasteiger partial charge >= 0.3 is 0 Å². The summed E-state index contributed by atoms with van der Waals surface area (Å²) in [6, 6.07) is 1.49. The Kier molecular flexibility index (Phi) is 4.87. The van der Waals surface area contributed by atoms with Crippen molar-refractivity contribution in [3.63, 3.8) is 0 Å². The third-order valence-electron chi connectivity index (χ3n) is 3.26. The molecule has 0 bridgehead atoms. The molecule has 0 aliphatic rings. The quantitative estimate of drug-likeness (QED) is 0.844. The zero-order chi connectivity index (χ0) is 16.3. The second-order valence-electron chi connectivity index (χ2n) is 4.68. The lowest BCUT2D eigenvalue weighted by Crippen LogP contribution is -2.12. The highest BCUT2D eigenvalue weighted by Crippen LogP contribution is 2.25. The molecule has 0 unspecified atom stereocenters. The molecule has 3 N–H and O–H groups in total. The first-order valence-electron chi connectivity index (χ1n) is 6.75. The second-order valence-corrected chi connectivity index (χ2v) is 5.09. The van der Waals surface area contributed by atoms with Crippen LogP contribution in [0.2, 0.25) is 5.02 Å². The van der Waals surface area contributed by atoms with E-state index >= 15 is 0 Å². The number of nitrogens with zero attached hydrogens (tertiary/aromatic N) is 3. The van der Waals surface area contributed by atoms with Crippen LogP contribution in [-0.2, 0) is 20.0 Å². The lowest BCUT2D eigenvalue weighted by atomic mass is 10.2. The molecular weight excluding hydrogens is 306 g/mol. The number of pyridine rings is 1. The molecule has 0 spiro atoms. The third kappa shape index (κ3) is 3.14. The Hall–Kier alpha value is -2.28. The number of aryl methyl sites for hydroxylation is 2. The molecular formula is C14H18ClN5O2. The zero-order valence-corrected chi connectivity index (χ0v) is 13.4. The van der Waals surface area contributed by atoms with E-state index in [1.165, 1.54) is 12.3 Å². The van der Waals surface area contributed by atoms with Crippen LogP contribution in [0.15, 0.2) is 12.3 Å². The number of nitrogens with one attached hydrogen (secondary N) is 1. The van der Waals surface area contributed by atoms with E-state index in [0.29, 0.717) is 23.3 Å². The van der Waals surface area contributed by atoms with Crippen LogP contribution in [0.3, 0.4) is 0 Å². The number of carbonyl (C=O) groups is 1. The Labute approximate surface area is 133 Å². The topological polar surface area (TPSA) is 95.1 Å². The van der Waals surface area contributed by atoms with Gasteiger partial charge in [-0.25, -0.2) is 9.67 Å². The zero-order valence-electron chi connectivity index (χ0n) is 12.7. The molecule has 8 heteroatoms. The maximum absolute atomic E-state index is 11.1. The molecule has 0 aliphatic carbocycles. The van der Waals surface area contributed by atoms with Gasteiger partial charge in [-0.15, -0.1) is 0 Å². The Morgan fingerprint density at radius 2 is 2.27 bits per heavy atom. The van der Waals surface area contributed by atoms with Crippen LogP contribution in [0.4, 0.5) is 5.82 Å². The van der Waals surface area contributed by atoms with Crippen molar-refractivity contribution < 1.29 is 9.53 Å². The smallest absolute Gasteiger partial charge is 0.250 e. The number of aromatic nitrogens is 3. The lowest BCUT2D eigenvalue weighted by molar-refractivity contribution is 0.1000. The summed E-state index contributed by atoms with van der Waals surface area (Å²) in [5.41, 5.74) is 7.35. The Morgan fingerprint density at radius 3 is 2.82 bits per heavy atom. The highest BCUT2D eigenvalue weighted by atomic mass is 35.5. The summed E-state index contributed by atoms with van der Waals surface area (Å²) in [4.78, 5) is 15.2. The van der Waals surface area contributed by atoms with Gasteiger partial charge < -0.3 is 15.8 Å². The number of ether oxygens (including phenoxy) is 1. The summed E-state index contributed by atoms with van der Waals surface area (Å²) in [5.74, 6) is 0.594. The van der Waals surface area contributed by atoms with E-state index in [1.807, 2.05) is 14.0 Å². The minimum absolute atomic E-state index is 0.267. The van der Waals surface area contributed by atoms with Crippen molar-refractivity contribution in [1.82, 2.24) is 14.8 Å². The first kappa shape index (κ1) is 16.1. The number of anilines is 1. The van der Waals surface area contributed by atoms with Gasteiger partial charge in [-0.1, -0.05) is 18.5 Å². The first-order valence-corrected chi connectivity index (χ1v) is 7.13. The third-order valence-corrected chi connectivity index (χ3v) is 3.55. The summed E-state index contributed by atoms with van der Waals surface area (Å²) in [7, 11) is 3.43. The maximum Gasteiger partial charge on any atom is 0.250 e. The van der Waals surface area contributed by atoms with Crippen LogP contribution in [0.5, 0.6) is 5.88 Å². The molecule has 2 aromatic rings. The van der Waals surface area contributed by atoms with Crippen molar-refractivity contribution >= 4 is 23.3 Å². The minimum Gasteiger partial charge on any atom is -0.481 e. The molecule has 0 saturated heterocycles. The number of amides is 1. The van der Waals surface area contributed by atoms with Crippen molar-refractivity contribution in [1.29, 1.82) is 0 Å². The lowest BCUT2D eigenvalue weighted by Gasteiger charge is -2.09. The normalized spacial score (nSPS) is 10.5. The van der Waals surface area contributed by atoms with Gasteiger partial charge in [-0.3, -0.25) is 4.79 Å². The number of rotatable bonds is 6. The van der Waals surface area contributed by atoms with Crippen molar-refractivity contribution in [3.8, 4) is 5.88 Å². The van der Waals surface area contributed by atoms with Gasteiger partial charge in [-0.2, -0.15) is 5.10 Å². The summed E-state index contributed by atoms with van der Waals surface area (Å²) in [5, 5.41) is 7.87. The molecule has 0 aromatic carbocycles. The average molecular weight is 324 g/mol. The standard InChI is InChI=1S/C14H18ClN5O2/c1-4-11-9(14(22-3)20(2)19-11)7-18-13-10(15)5-8(6-17-13)12(16)21/h5-6H,4,7H2,1-3H3,(H2,16,21)(H,17,18). The molecule has 2 heterocycles. The van der Waals surface area contributed by atoms with E-state index in [1.54, 1.807) is 11.8 Å². The van der Waals surface area contributed by atoms with Crippen LogP contribution in [-0.4, -0.2) is 27.8 Å². The average Bonchev–Trinajstić information content (AvgIpc) is 2.80. The highest BCUT2D eigenvalue weighted by Gasteiger charge is 2.16. The van der Waals surface area contributed by atoms with Gasteiger partial charge in [0.2, 0.25) is 11.8 Å². The molecule has 2 aromatic heterocycles. The monoisotopic (exact) mass is 323 g/mol. The number of hydrogen-bond donors (Lipinski definition) is 2. The van der Waals surface area contributed by atoms with Crippen LogP contribution < -0.4 is 15.8 Å². The van der Waals surface area contributed by atoms with Gasteiger partial charge in [0.1, 0.15) is 5.82 Å². The van der Waals surface area contributed by atoms with Crippen molar-refractivity contribution in [2.45, 2.75) is 19.9 Å². The fourth-order valence-electron chi connectivity index (χ4n) is 2.20. The summed E-state index contributed by atoms with van der Waals surface area (Å²) >= 11 is 6.11. The molecule has 1 amide bonds. The Balaban J connectivity index is 2.22. The van der Waals surface area contributed by atoms with Crippen molar-refractivity contribution in [2.24, 2.45) is 12.8 Å². The largest absolute Gasteiger partial charge is 0.481 e. The molecule has 2 rings (SSSR count). The molecule has 0 saturated carbocycles. The predicted molar refractivity (Wildman–Crippen MR) is 84.2 cm³/mol. The number of primary amides is 1. The SMILES string of the molecule is CCc1nn(C)c(OC)c1CNc1ncc(C(N)=O)cc1Cl. The molecule has 0 radical (unpaired) electrons. The van der Waals surface area contributed by atoms with E-state index in [9.17, 15) is 4.79 Å². The fraction of sp³-hybridized carbons (Fsp3) is 0.357. The van der Waals surface area contributed by atoms with Gasteiger partial charge in [0, 0.05) is 19.8 Å². The second kappa shape index (κ2) is 6.65. The number of carbonyl (C=O) groups excluding carboxylic acids is 1. The molecule has 7 nitrogen and oxygen atoms in total. The molecule has 0 atom stereocenters. The molecule has 22 heavy (non-hydrogen) atoms. The van der Waals surface area contributed by atoms with E-state index in [0.717, 1.165) is 17.7 Å². The number of methoxy groups -OCH3 is 1. The van der Waals surface area contributed by atoms with Crippen molar-refractivity contribution in [2.75, 3.05) is 12.4 Å². The van der Waals surface area contributed by atoms with Crippen LogP contribution in [0.1, 0.15) is 28.5 Å². The first-order chi connectivity index (χ1) is 10.5. The van der Waals surface area contributed by atoms with Gasteiger partial charge in [0.15, 0.2) is 0 Å². The Bertz CT molecular complexity index is 699. The predicted octanol–water partition coefficient (Wildman–Crippen LogP) is 1.75. The molecule has 0 fully saturated rings. The summed E-state index contributed by atoms with van der Waals surface area (Å²) in [6.45, 7) is 2.49.